The maximum absolute atomic E-state index is 14.4. The summed E-state index contributed by atoms with van der Waals surface area (Å²) < 4.78 is 11.3. The van der Waals surface area contributed by atoms with Crippen molar-refractivity contribution in [3.05, 3.63) is 48.6 Å². The van der Waals surface area contributed by atoms with Gasteiger partial charge < -0.3 is 24.6 Å². The second kappa shape index (κ2) is 43.1. The quantitative estimate of drug-likeness (QED) is 0.0369. The molecule has 9 heteroatoms. The van der Waals surface area contributed by atoms with E-state index in [4.69, 9.17) is 9.47 Å². The molecule has 0 saturated heterocycles. The molecule has 9 nitrogen and oxygen atoms in total. The van der Waals surface area contributed by atoms with Crippen molar-refractivity contribution < 1.29 is 28.7 Å². The van der Waals surface area contributed by atoms with E-state index in [0.29, 0.717) is 51.9 Å². The van der Waals surface area contributed by atoms with Crippen molar-refractivity contribution in [1.82, 2.24) is 15.1 Å². The summed E-state index contributed by atoms with van der Waals surface area (Å²) in [6, 6.07) is 0. The summed E-state index contributed by atoms with van der Waals surface area (Å²) in [4.78, 5) is 57.5. The number of hydrogen-bond donors (Lipinski definition) is 1. The van der Waals surface area contributed by atoms with Gasteiger partial charge in [0.2, 0.25) is 11.8 Å². The molecule has 0 aliphatic rings. The number of allylic oxidation sites excluding steroid dienone is 8. The lowest BCUT2D eigenvalue weighted by molar-refractivity contribution is -0.150. The molecule has 66 heavy (non-hydrogen) atoms. The van der Waals surface area contributed by atoms with Crippen molar-refractivity contribution in [2.24, 2.45) is 0 Å². The highest BCUT2D eigenvalue weighted by molar-refractivity contribution is 5.91. The summed E-state index contributed by atoms with van der Waals surface area (Å²) in [6.45, 7) is 13.7. The van der Waals surface area contributed by atoms with Crippen LogP contribution in [-0.2, 0) is 28.7 Å². The van der Waals surface area contributed by atoms with E-state index in [1.165, 1.54) is 96.8 Å². The van der Waals surface area contributed by atoms with Crippen LogP contribution in [0.3, 0.4) is 0 Å². The third-order valence-corrected chi connectivity index (χ3v) is 12.0. The van der Waals surface area contributed by atoms with Crippen LogP contribution in [0.1, 0.15) is 241 Å². The van der Waals surface area contributed by atoms with E-state index < -0.39 is 11.1 Å². The van der Waals surface area contributed by atoms with Crippen molar-refractivity contribution in [2.75, 3.05) is 40.4 Å². The standard InChI is InChI=1S/C57H103N3O6/c1-9-11-13-15-17-19-21-23-25-27-29-31-33-35-37-39-50-65-53(62)44-41-46-57(55(64)58-56(4,5)6,60(52(3)61)49-43-48-59(7)8)47-42-45-54(63)66-51-40-38-36-34-32-30-28-26-24-22-20-18-16-14-12-10-2/h17-20,23-26H,9-16,21-22,27-51H2,1-8H3,(H,58,64)/b19-17-,20-18-,25-23-,26-24-. The zero-order valence-corrected chi connectivity index (χ0v) is 44.2. The van der Waals surface area contributed by atoms with Crippen LogP contribution < -0.4 is 5.32 Å². The monoisotopic (exact) mass is 926 g/mol. The molecule has 0 saturated carbocycles. The van der Waals surface area contributed by atoms with E-state index in [0.717, 1.165) is 70.8 Å². The predicted octanol–water partition coefficient (Wildman–Crippen LogP) is 14.5. The van der Waals surface area contributed by atoms with Crippen LogP contribution in [0.25, 0.3) is 0 Å². The normalized spacial score (nSPS) is 12.4. The first-order valence-corrected chi connectivity index (χ1v) is 27.0. The molecular weight excluding hydrogens is 823 g/mol. The molecule has 0 bridgehead atoms. The fourth-order valence-electron chi connectivity index (χ4n) is 8.17. The molecule has 0 aromatic rings. The number of nitrogens with one attached hydrogen (secondary N) is 1. The Balaban J connectivity index is 4.99. The van der Waals surface area contributed by atoms with E-state index in [-0.39, 0.29) is 36.6 Å². The zero-order chi connectivity index (χ0) is 49.0. The second-order valence-electron chi connectivity index (χ2n) is 19.9. The van der Waals surface area contributed by atoms with E-state index in [9.17, 15) is 19.2 Å². The van der Waals surface area contributed by atoms with Gasteiger partial charge in [0.15, 0.2) is 0 Å². The minimum absolute atomic E-state index is 0.159. The maximum atomic E-state index is 14.4. The van der Waals surface area contributed by atoms with Crippen molar-refractivity contribution in [3.8, 4) is 0 Å². The van der Waals surface area contributed by atoms with Gasteiger partial charge in [-0.25, -0.2) is 0 Å². The SMILES string of the molecule is CCCCC/C=C\C/C=C\CCCCCCCCOC(=O)CCCC(CCCC(=O)OCCCCCCCC/C=C\C/C=C\CCCCC)(C(=O)NC(C)(C)C)N(CCCN(C)C)C(C)=O. The molecule has 0 unspecified atom stereocenters. The molecule has 0 atom stereocenters. The van der Waals surface area contributed by atoms with Crippen molar-refractivity contribution >= 4 is 23.8 Å². The Bertz CT molecular complexity index is 1260. The van der Waals surface area contributed by atoms with Gasteiger partial charge in [-0.05, 0) is 151 Å². The highest BCUT2D eigenvalue weighted by atomic mass is 16.5. The Labute approximate surface area is 406 Å². The molecule has 0 radical (unpaired) electrons. The minimum Gasteiger partial charge on any atom is -0.466 e. The molecule has 0 spiro atoms. The molecular formula is C57H103N3O6. The first-order chi connectivity index (χ1) is 31.8. The van der Waals surface area contributed by atoms with Crippen molar-refractivity contribution in [3.63, 3.8) is 0 Å². The summed E-state index contributed by atoms with van der Waals surface area (Å²) in [7, 11) is 3.97. The fraction of sp³-hybridized carbons (Fsp3) is 0.789. The van der Waals surface area contributed by atoms with Crippen LogP contribution in [0.5, 0.6) is 0 Å². The predicted molar refractivity (Wildman–Crippen MR) is 280 cm³/mol. The van der Waals surface area contributed by atoms with E-state index in [2.05, 4.69) is 72.7 Å². The molecule has 0 rings (SSSR count). The average molecular weight is 926 g/mol. The number of nitrogens with zero attached hydrogens (tertiary/aromatic N) is 2. The topological polar surface area (TPSA) is 105 Å². The van der Waals surface area contributed by atoms with Crippen LogP contribution in [0, 0.1) is 0 Å². The third-order valence-electron chi connectivity index (χ3n) is 12.0. The zero-order valence-electron chi connectivity index (χ0n) is 44.2. The van der Waals surface area contributed by atoms with Gasteiger partial charge in [0.25, 0.3) is 0 Å². The molecule has 0 aromatic carbocycles. The summed E-state index contributed by atoms with van der Waals surface area (Å²) in [5, 5.41) is 3.16. The van der Waals surface area contributed by atoms with Gasteiger partial charge in [-0.2, -0.15) is 0 Å². The van der Waals surface area contributed by atoms with Gasteiger partial charge in [-0.15, -0.1) is 0 Å². The van der Waals surface area contributed by atoms with Gasteiger partial charge in [-0.1, -0.05) is 140 Å². The number of rotatable bonds is 44. The Morgan fingerprint density at radius 1 is 0.485 bits per heavy atom. The molecule has 0 aliphatic heterocycles. The van der Waals surface area contributed by atoms with Gasteiger partial charge in [0, 0.05) is 31.8 Å². The third kappa shape index (κ3) is 37.8. The van der Waals surface area contributed by atoms with Crippen molar-refractivity contribution in [1.29, 1.82) is 0 Å². The van der Waals surface area contributed by atoms with Crippen LogP contribution in [-0.4, -0.2) is 85.0 Å². The van der Waals surface area contributed by atoms with E-state index >= 15 is 0 Å². The molecule has 0 aliphatic carbocycles. The lowest BCUT2D eigenvalue weighted by Gasteiger charge is -2.44. The summed E-state index contributed by atoms with van der Waals surface area (Å²) in [5.74, 6) is -1.01. The van der Waals surface area contributed by atoms with Crippen LogP contribution in [0.4, 0.5) is 0 Å². The smallest absolute Gasteiger partial charge is 0.305 e. The van der Waals surface area contributed by atoms with Crippen LogP contribution in [0.15, 0.2) is 48.6 Å². The van der Waals surface area contributed by atoms with E-state index in [1.807, 2.05) is 34.9 Å². The number of ether oxygens (including phenoxy) is 2. The average Bonchev–Trinajstić information content (AvgIpc) is 3.26. The summed E-state index contributed by atoms with van der Waals surface area (Å²) in [5.41, 5.74) is -1.77. The number of unbranched alkanes of at least 4 members (excludes halogenated alkanes) is 18. The number of hydrogen-bond acceptors (Lipinski definition) is 7. The lowest BCUT2D eigenvalue weighted by atomic mass is 9.82. The Morgan fingerprint density at radius 2 is 0.864 bits per heavy atom. The number of esters is 2. The summed E-state index contributed by atoms with van der Waals surface area (Å²) in [6.07, 6.45) is 48.3. The lowest BCUT2D eigenvalue weighted by Crippen LogP contribution is -2.63. The molecule has 0 aromatic heterocycles. The highest BCUT2D eigenvalue weighted by Crippen LogP contribution is 2.31. The molecule has 0 heterocycles. The van der Waals surface area contributed by atoms with Crippen LogP contribution >= 0.6 is 0 Å². The largest absolute Gasteiger partial charge is 0.466 e. The Morgan fingerprint density at radius 3 is 1.23 bits per heavy atom. The van der Waals surface area contributed by atoms with Gasteiger partial charge in [0.05, 0.1) is 13.2 Å². The van der Waals surface area contributed by atoms with Crippen LogP contribution in [0.2, 0.25) is 0 Å². The number of carbonyl (C=O) groups is 4. The number of carbonyl (C=O) groups excluding carboxylic acids is 4. The number of amides is 2. The molecule has 382 valence electrons. The van der Waals surface area contributed by atoms with Gasteiger partial charge >= 0.3 is 11.9 Å². The molecule has 1 N–H and O–H groups in total. The highest BCUT2D eigenvalue weighted by Gasteiger charge is 2.45. The first-order valence-electron chi connectivity index (χ1n) is 27.0. The minimum atomic E-state index is -1.23. The van der Waals surface area contributed by atoms with Gasteiger partial charge in [0.1, 0.15) is 5.54 Å². The van der Waals surface area contributed by atoms with Crippen molar-refractivity contribution in [2.45, 2.75) is 252 Å². The summed E-state index contributed by atoms with van der Waals surface area (Å²) >= 11 is 0. The Kier molecular flexibility index (Phi) is 41.0. The molecule has 0 fully saturated rings. The second-order valence-corrected chi connectivity index (χ2v) is 19.9. The van der Waals surface area contributed by atoms with Gasteiger partial charge in [-0.3, -0.25) is 19.2 Å². The first kappa shape index (κ1) is 62.8. The maximum Gasteiger partial charge on any atom is 0.305 e. The Hall–Kier alpha value is -3.20. The van der Waals surface area contributed by atoms with E-state index in [1.54, 1.807) is 4.90 Å². The molecule has 2 amide bonds. The fourth-order valence-corrected chi connectivity index (χ4v) is 8.17.